The maximum Gasteiger partial charge on any atom is 0.220 e. The molecule has 1 unspecified atom stereocenters. The molecule has 0 aromatic heterocycles. The molecule has 1 heterocycles. The topological polar surface area (TPSA) is 41.1 Å². The molecule has 1 saturated heterocycles. The number of carbonyl (C=O) groups excluding carboxylic acids is 1. The number of hydrogen-bond acceptors (Lipinski definition) is 2. The first kappa shape index (κ1) is 20.8. The van der Waals surface area contributed by atoms with E-state index in [1.807, 2.05) is 6.92 Å². The predicted molar refractivity (Wildman–Crippen MR) is 94.2 cm³/mol. The second kappa shape index (κ2) is 10.6. The summed E-state index contributed by atoms with van der Waals surface area (Å²) in [6, 6.07) is 3.15. The molecule has 0 spiro atoms. The van der Waals surface area contributed by atoms with E-state index >= 15 is 0 Å². The highest BCUT2D eigenvalue weighted by Gasteiger charge is 2.19. The first-order chi connectivity index (χ1) is 11.1. The van der Waals surface area contributed by atoms with Gasteiger partial charge in [0.2, 0.25) is 5.91 Å². The number of carbonyl (C=O) groups is 1. The molecule has 1 aliphatic heterocycles. The van der Waals surface area contributed by atoms with Crippen LogP contribution in [0.15, 0.2) is 18.2 Å². The Morgan fingerprint density at radius 2 is 2.04 bits per heavy atom. The van der Waals surface area contributed by atoms with Crippen molar-refractivity contribution >= 4 is 18.3 Å². The smallest absolute Gasteiger partial charge is 0.220 e. The zero-order chi connectivity index (χ0) is 16.7. The van der Waals surface area contributed by atoms with E-state index in [4.69, 9.17) is 0 Å². The molecule has 24 heavy (non-hydrogen) atoms. The van der Waals surface area contributed by atoms with Crippen LogP contribution in [-0.4, -0.2) is 19.0 Å². The van der Waals surface area contributed by atoms with E-state index in [0.717, 1.165) is 44.8 Å². The van der Waals surface area contributed by atoms with Crippen LogP contribution >= 0.6 is 12.4 Å². The molecule has 1 atom stereocenters. The van der Waals surface area contributed by atoms with E-state index in [2.05, 4.69) is 10.6 Å². The Hall–Kier alpha value is -1.20. The summed E-state index contributed by atoms with van der Waals surface area (Å²) < 4.78 is 27.0. The van der Waals surface area contributed by atoms with Gasteiger partial charge in [0.15, 0.2) is 0 Å². The van der Waals surface area contributed by atoms with Crippen molar-refractivity contribution in [3.63, 3.8) is 0 Å². The fourth-order valence-corrected chi connectivity index (χ4v) is 3.15. The summed E-state index contributed by atoms with van der Waals surface area (Å²) in [7, 11) is 0. The molecule has 1 aromatic rings. The molecule has 0 radical (unpaired) electrons. The van der Waals surface area contributed by atoms with E-state index < -0.39 is 11.6 Å². The molecular weight excluding hydrogens is 334 g/mol. The molecule has 2 rings (SSSR count). The predicted octanol–water partition coefficient (Wildman–Crippen LogP) is 4.12. The lowest BCUT2D eigenvalue weighted by atomic mass is 9.93. The number of halogens is 3. The molecule has 0 saturated carbocycles. The van der Waals surface area contributed by atoms with E-state index in [1.165, 1.54) is 12.1 Å². The number of rotatable bonds is 7. The first-order valence-corrected chi connectivity index (χ1v) is 8.55. The summed E-state index contributed by atoms with van der Waals surface area (Å²) in [6.45, 7) is 4.02. The van der Waals surface area contributed by atoms with Gasteiger partial charge in [-0.05, 0) is 50.8 Å². The molecule has 1 fully saturated rings. The molecule has 3 nitrogen and oxygen atoms in total. The minimum atomic E-state index is -0.598. The number of amides is 1. The van der Waals surface area contributed by atoms with Gasteiger partial charge in [-0.1, -0.05) is 19.4 Å². The highest BCUT2D eigenvalue weighted by Crippen LogP contribution is 2.23. The third-order valence-electron chi connectivity index (χ3n) is 4.49. The van der Waals surface area contributed by atoms with Crippen molar-refractivity contribution in [2.24, 2.45) is 5.92 Å². The zero-order valence-corrected chi connectivity index (χ0v) is 14.9. The SMILES string of the molecule is CCCC(NC(=O)CCC1CCNCC1)c1ccc(F)cc1F.Cl. The summed E-state index contributed by atoms with van der Waals surface area (Å²) in [5.74, 6) is -0.652. The third-order valence-corrected chi connectivity index (χ3v) is 4.49. The quantitative estimate of drug-likeness (QED) is 0.767. The monoisotopic (exact) mass is 360 g/mol. The Bertz CT molecular complexity index is 522. The van der Waals surface area contributed by atoms with Crippen LogP contribution in [0, 0.1) is 17.6 Å². The van der Waals surface area contributed by atoms with E-state index in [-0.39, 0.29) is 24.4 Å². The molecule has 2 N–H and O–H groups in total. The average Bonchev–Trinajstić information content (AvgIpc) is 2.54. The molecular formula is C18H27ClF2N2O. The van der Waals surface area contributed by atoms with Crippen molar-refractivity contribution in [2.45, 2.75) is 51.5 Å². The van der Waals surface area contributed by atoms with Gasteiger partial charge in [-0.3, -0.25) is 4.79 Å². The molecule has 0 aliphatic carbocycles. The van der Waals surface area contributed by atoms with Gasteiger partial charge in [-0.2, -0.15) is 0 Å². The fraction of sp³-hybridized carbons (Fsp3) is 0.611. The van der Waals surface area contributed by atoms with Gasteiger partial charge in [0.1, 0.15) is 11.6 Å². The first-order valence-electron chi connectivity index (χ1n) is 8.55. The van der Waals surface area contributed by atoms with Crippen LogP contribution < -0.4 is 10.6 Å². The zero-order valence-electron chi connectivity index (χ0n) is 14.1. The highest BCUT2D eigenvalue weighted by molar-refractivity contribution is 5.85. The van der Waals surface area contributed by atoms with Gasteiger partial charge in [0.05, 0.1) is 6.04 Å². The molecule has 136 valence electrons. The second-order valence-electron chi connectivity index (χ2n) is 6.31. The van der Waals surface area contributed by atoms with Gasteiger partial charge in [-0.15, -0.1) is 12.4 Å². The van der Waals surface area contributed by atoms with Crippen molar-refractivity contribution in [1.29, 1.82) is 0 Å². The number of hydrogen-bond donors (Lipinski definition) is 2. The highest BCUT2D eigenvalue weighted by atomic mass is 35.5. The summed E-state index contributed by atoms with van der Waals surface area (Å²) in [4.78, 5) is 12.2. The van der Waals surface area contributed by atoms with E-state index in [1.54, 1.807) is 0 Å². The molecule has 1 amide bonds. The minimum Gasteiger partial charge on any atom is -0.349 e. The second-order valence-corrected chi connectivity index (χ2v) is 6.31. The van der Waals surface area contributed by atoms with Crippen LogP contribution in [0.1, 0.15) is 57.1 Å². The minimum absolute atomic E-state index is 0. The molecule has 6 heteroatoms. The average molecular weight is 361 g/mol. The lowest BCUT2D eigenvalue weighted by Crippen LogP contribution is -2.31. The Kier molecular flexibility index (Phi) is 9.22. The summed E-state index contributed by atoms with van der Waals surface area (Å²) in [5.41, 5.74) is 0.364. The molecule has 1 aromatic carbocycles. The van der Waals surface area contributed by atoms with Crippen LogP contribution in [0.5, 0.6) is 0 Å². The van der Waals surface area contributed by atoms with Crippen LogP contribution in [0.3, 0.4) is 0 Å². The maximum atomic E-state index is 14.0. The van der Waals surface area contributed by atoms with Crippen LogP contribution in [0.2, 0.25) is 0 Å². The van der Waals surface area contributed by atoms with Gasteiger partial charge in [0, 0.05) is 18.1 Å². The van der Waals surface area contributed by atoms with Gasteiger partial charge >= 0.3 is 0 Å². The van der Waals surface area contributed by atoms with Gasteiger partial charge < -0.3 is 10.6 Å². The Morgan fingerprint density at radius 3 is 2.67 bits per heavy atom. The van der Waals surface area contributed by atoms with Gasteiger partial charge in [0.25, 0.3) is 0 Å². The third kappa shape index (κ3) is 6.36. The van der Waals surface area contributed by atoms with Crippen LogP contribution in [0.25, 0.3) is 0 Å². The fourth-order valence-electron chi connectivity index (χ4n) is 3.15. The number of benzene rings is 1. The van der Waals surface area contributed by atoms with Crippen molar-refractivity contribution < 1.29 is 13.6 Å². The van der Waals surface area contributed by atoms with E-state index in [9.17, 15) is 13.6 Å². The van der Waals surface area contributed by atoms with Crippen LogP contribution in [0.4, 0.5) is 8.78 Å². The summed E-state index contributed by atoms with van der Waals surface area (Å²) in [5, 5.41) is 6.23. The van der Waals surface area contributed by atoms with Crippen molar-refractivity contribution in [2.75, 3.05) is 13.1 Å². The van der Waals surface area contributed by atoms with Crippen molar-refractivity contribution in [3.8, 4) is 0 Å². The lowest BCUT2D eigenvalue weighted by Gasteiger charge is -2.23. The van der Waals surface area contributed by atoms with Crippen molar-refractivity contribution in [1.82, 2.24) is 10.6 Å². The number of nitrogens with one attached hydrogen (secondary N) is 2. The maximum absolute atomic E-state index is 14.0. The standard InChI is InChI=1S/C18H26F2N2O.ClH/c1-2-3-17(15-6-5-14(19)12-16(15)20)22-18(23)7-4-13-8-10-21-11-9-13;/h5-6,12-13,17,21H,2-4,7-11H2,1H3,(H,22,23);1H. The van der Waals surface area contributed by atoms with Crippen LogP contribution in [-0.2, 0) is 4.79 Å². The summed E-state index contributed by atoms with van der Waals surface area (Å²) >= 11 is 0. The number of piperidine rings is 1. The lowest BCUT2D eigenvalue weighted by molar-refractivity contribution is -0.122. The molecule has 1 aliphatic rings. The van der Waals surface area contributed by atoms with Crippen molar-refractivity contribution in [3.05, 3.63) is 35.4 Å². The Labute approximate surface area is 149 Å². The summed E-state index contributed by atoms with van der Waals surface area (Å²) in [6.07, 6.45) is 5.01. The normalized spacial score (nSPS) is 16.3. The van der Waals surface area contributed by atoms with Gasteiger partial charge in [-0.25, -0.2) is 8.78 Å². The largest absolute Gasteiger partial charge is 0.349 e. The molecule has 0 bridgehead atoms. The van der Waals surface area contributed by atoms with E-state index in [0.29, 0.717) is 24.3 Å². The Morgan fingerprint density at radius 1 is 1.33 bits per heavy atom. The Balaban J connectivity index is 0.00000288.